The van der Waals surface area contributed by atoms with E-state index in [0.29, 0.717) is 8.68 Å². The molecule has 1 aliphatic carbocycles. The van der Waals surface area contributed by atoms with E-state index in [-0.39, 0.29) is 17.1 Å². The van der Waals surface area contributed by atoms with E-state index < -0.39 is 0 Å². The minimum atomic E-state index is -0.271. The first-order chi connectivity index (χ1) is 5.86. The van der Waals surface area contributed by atoms with Gasteiger partial charge in [-0.3, -0.25) is 0 Å². The van der Waals surface area contributed by atoms with Gasteiger partial charge in [0.05, 0.1) is 0 Å². The maximum atomic E-state index is 10.3. The first-order valence-electron chi connectivity index (χ1n) is 3.28. The fourth-order valence-electron chi connectivity index (χ4n) is 0.724. The first kappa shape index (κ1) is 9.09. The Bertz CT molecular complexity index is 303. The molecule has 0 atom stereocenters. The topological polar surface area (TPSA) is 34.1 Å². The molecule has 0 spiro atoms. The molecule has 2 nitrogen and oxygen atoms in total. The van der Waals surface area contributed by atoms with Crippen molar-refractivity contribution in [3.8, 4) is 0 Å². The van der Waals surface area contributed by atoms with Crippen molar-refractivity contribution in [1.82, 2.24) is 0 Å². The Morgan fingerprint density at radius 2 is 2.00 bits per heavy atom. The zero-order chi connectivity index (χ0) is 8.81. The van der Waals surface area contributed by atoms with E-state index >= 15 is 0 Å². The van der Waals surface area contributed by atoms with Crippen molar-refractivity contribution >= 4 is 11.9 Å². The van der Waals surface area contributed by atoms with Gasteiger partial charge in [0.25, 0.3) is 0 Å². The van der Waals surface area contributed by atoms with Crippen molar-refractivity contribution in [3.63, 3.8) is 0 Å². The zero-order valence-corrected chi connectivity index (χ0v) is 7.87. The van der Waals surface area contributed by atoms with Gasteiger partial charge in [0.1, 0.15) is 0 Å². The summed E-state index contributed by atoms with van der Waals surface area (Å²) in [6, 6.07) is 0. The van der Waals surface area contributed by atoms with E-state index in [9.17, 15) is 9.59 Å². The van der Waals surface area contributed by atoms with Crippen LogP contribution in [0, 0.1) is 0 Å². The maximum absolute atomic E-state index is 10.3. The summed E-state index contributed by atoms with van der Waals surface area (Å²) in [6.45, 7) is 0. The zero-order valence-electron chi connectivity index (χ0n) is 6.13. The van der Waals surface area contributed by atoms with Gasteiger partial charge in [0, 0.05) is 0 Å². The van der Waals surface area contributed by atoms with Crippen molar-refractivity contribution in [2.24, 2.45) is 0 Å². The van der Waals surface area contributed by atoms with Crippen LogP contribution in [0.5, 0.6) is 0 Å². The molecule has 0 aliphatic heterocycles. The Morgan fingerprint density at radius 1 is 1.33 bits per heavy atom. The number of allylic oxidation sites excluding steroid dienone is 6. The summed E-state index contributed by atoms with van der Waals surface area (Å²) in [5.74, 6) is 3.34. The second-order valence-corrected chi connectivity index (χ2v) is 4.60. The Kier molecular flexibility index (Phi) is 3.63. The van der Waals surface area contributed by atoms with Crippen LogP contribution in [0.4, 0.5) is 0 Å². The van der Waals surface area contributed by atoms with Gasteiger partial charge in [-0.1, -0.05) is 0 Å². The summed E-state index contributed by atoms with van der Waals surface area (Å²) < 4.78 is 0.775. The quantitative estimate of drug-likeness (QED) is 0.425. The molecule has 12 heavy (non-hydrogen) atoms. The minimum absolute atomic E-state index is 0.271. The van der Waals surface area contributed by atoms with Gasteiger partial charge >= 0.3 is 77.7 Å². The molecule has 0 saturated carbocycles. The van der Waals surface area contributed by atoms with Gasteiger partial charge in [0.2, 0.25) is 0 Å². The summed E-state index contributed by atoms with van der Waals surface area (Å²) in [4.78, 5) is 20.2. The number of rotatable bonds is 3. The summed E-state index contributed by atoms with van der Waals surface area (Å²) >= 11 is -0.271. The molecule has 1 rings (SSSR count). The average molecular weight is 247 g/mol. The van der Waals surface area contributed by atoms with Gasteiger partial charge in [-0.15, -0.1) is 0 Å². The second-order valence-electron chi connectivity index (χ2n) is 2.00. The summed E-state index contributed by atoms with van der Waals surface area (Å²) in [5, 5.41) is 0. The predicted octanol–water partition coefficient (Wildman–Crippen LogP) is 1.09. The molecular formula is C9H6O2Ru. The van der Waals surface area contributed by atoms with E-state index in [1.165, 1.54) is 6.08 Å². The molecule has 0 aromatic rings. The molecular weight excluding hydrogens is 241 g/mol. The van der Waals surface area contributed by atoms with Gasteiger partial charge in [0.15, 0.2) is 0 Å². The van der Waals surface area contributed by atoms with E-state index in [4.69, 9.17) is 0 Å². The van der Waals surface area contributed by atoms with E-state index in [0.717, 1.165) is 0 Å². The van der Waals surface area contributed by atoms with E-state index in [2.05, 4.69) is 0 Å². The van der Waals surface area contributed by atoms with E-state index in [1.54, 1.807) is 11.9 Å². The van der Waals surface area contributed by atoms with Gasteiger partial charge in [-0.25, -0.2) is 0 Å². The summed E-state index contributed by atoms with van der Waals surface area (Å²) in [7, 11) is 0. The standard InChI is InChI=1S/C5H5.C4HO2.Ru/c1-2-4-5-3-1;5-3-1-2-4-6;/h1-5H;1H;. The summed E-state index contributed by atoms with van der Waals surface area (Å²) in [5.41, 5.74) is 0. The van der Waals surface area contributed by atoms with Crippen LogP contribution >= 0.6 is 0 Å². The van der Waals surface area contributed by atoms with Crippen molar-refractivity contribution in [3.05, 3.63) is 34.5 Å². The SMILES string of the molecule is O=C=C[C](=C=O)[Ru][CH]1C=CC=C1. The molecule has 0 saturated heterocycles. The average Bonchev–Trinajstić information content (AvgIpc) is 2.56. The van der Waals surface area contributed by atoms with Crippen LogP contribution in [0.2, 0.25) is 4.51 Å². The molecule has 0 fully saturated rings. The Hall–Kier alpha value is -0.997. The van der Waals surface area contributed by atoms with Gasteiger partial charge < -0.3 is 0 Å². The Balaban J connectivity index is 2.60. The normalized spacial score (nSPS) is 14.3. The van der Waals surface area contributed by atoms with Crippen molar-refractivity contribution in [2.45, 2.75) is 4.51 Å². The molecule has 0 aromatic carbocycles. The van der Waals surface area contributed by atoms with Crippen molar-refractivity contribution in [1.29, 1.82) is 0 Å². The summed E-state index contributed by atoms with van der Waals surface area (Å²) in [6.07, 6.45) is 9.06. The van der Waals surface area contributed by atoms with Gasteiger partial charge in [-0.05, 0) is 0 Å². The molecule has 0 bridgehead atoms. The molecule has 1 aliphatic rings. The molecule has 62 valence electrons. The van der Waals surface area contributed by atoms with Crippen LogP contribution in [0.25, 0.3) is 0 Å². The molecule has 0 aromatic heterocycles. The Morgan fingerprint density at radius 3 is 2.50 bits per heavy atom. The third-order valence-corrected chi connectivity index (χ3v) is 3.41. The molecule has 0 unspecified atom stereocenters. The third-order valence-electron chi connectivity index (χ3n) is 1.20. The van der Waals surface area contributed by atoms with Crippen LogP contribution in [0.1, 0.15) is 0 Å². The number of hydrogen-bond acceptors (Lipinski definition) is 2. The first-order valence-corrected chi connectivity index (χ1v) is 5.16. The molecule has 3 heteroatoms. The van der Waals surface area contributed by atoms with Crippen LogP contribution in [-0.4, -0.2) is 11.9 Å². The molecule has 0 N–H and O–H groups in total. The van der Waals surface area contributed by atoms with Crippen LogP contribution in [0.15, 0.2) is 34.5 Å². The van der Waals surface area contributed by atoms with Crippen molar-refractivity contribution < 1.29 is 26.7 Å². The molecule has 0 heterocycles. The number of hydrogen-bond donors (Lipinski definition) is 0. The fraction of sp³-hybridized carbons (Fsp3) is 0.111. The monoisotopic (exact) mass is 248 g/mol. The second kappa shape index (κ2) is 4.80. The molecule has 0 amide bonds. The predicted molar refractivity (Wildman–Crippen MR) is 41.5 cm³/mol. The van der Waals surface area contributed by atoms with Crippen LogP contribution in [0.3, 0.4) is 0 Å². The van der Waals surface area contributed by atoms with Crippen LogP contribution < -0.4 is 0 Å². The number of carbonyl (C=O) groups excluding carboxylic acids is 2. The fourth-order valence-corrected chi connectivity index (χ4v) is 2.42. The molecule has 0 radical (unpaired) electrons. The van der Waals surface area contributed by atoms with Crippen LogP contribution in [-0.2, 0) is 26.7 Å². The Labute approximate surface area is 77.9 Å². The van der Waals surface area contributed by atoms with Crippen molar-refractivity contribution in [2.75, 3.05) is 0 Å². The van der Waals surface area contributed by atoms with Gasteiger partial charge in [-0.2, -0.15) is 0 Å². The van der Waals surface area contributed by atoms with E-state index in [1.807, 2.05) is 24.3 Å². The third kappa shape index (κ3) is 2.56.